The van der Waals surface area contributed by atoms with Crippen molar-refractivity contribution in [2.45, 2.75) is 62.7 Å². The highest BCUT2D eigenvalue weighted by atomic mass is 16.4. The van der Waals surface area contributed by atoms with Crippen molar-refractivity contribution in [3.05, 3.63) is 0 Å². The molecule has 0 aliphatic heterocycles. The first kappa shape index (κ1) is 37.8. The van der Waals surface area contributed by atoms with Crippen LogP contribution in [0.3, 0.4) is 0 Å². The Labute approximate surface area is 245 Å². The molecule has 21 nitrogen and oxygen atoms in total. The maximum atomic E-state index is 13.2. The van der Waals surface area contributed by atoms with E-state index in [4.69, 9.17) is 39.5 Å². The van der Waals surface area contributed by atoms with Gasteiger partial charge in [-0.25, -0.2) is 4.79 Å². The Hall–Kier alpha value is -5.21. The van der Waals surface area contributed by atoms with Gasteiger partial charge in [-0.2, -0.15) is 0 Å². The Bertz CT molecular complexity index is 1070. The molecule has 18 N–H and O–H groups in total. The molecule has 4 unspecified atom stereocenters. The van der Waals surface area contributed by atoms with Gasteiger partial charge in [0.25, 0.3) is 0 Å². The summed E-state index contributed by atoms with van der Waals surface area (Å²) in [5.41, 5.74) is 31.7. The van der Waals surface area contributed by atoms with Crippen LogP contribution in [0.4, 0.5) is 0 Å². The third kappa shape index (κ3) is 17.3. The van der Waals surface area contributed by atoms with Crippen molar-refractivity contribution in [2.75, 3.05) is 19.6 Å². The number of primary amides is 1. The number of nitrogens with two attached hydrogens (primary N) is 6. The lowest BCUT2D eigenvalue weighted by atomic mass is 10.1. The number of nitrogens with zero attached hydrogens (tertiary/aromatic N) is 2. The van der Waals surface area contributed by atoms with Gasteiger partial charge in [0.1, 0.15) is 24.2 Å². The van der Waals surface area contributed by atoms with Crippen LogP contribution < -0.4 is 55.7 Å². The minimum atomic E-state index is -1.89. The second-order valence-corrected chi connectivity index (χ2v) is 9.01. The molecule has 5 amide bonds. The summed E-state index contributed by atoms with van der Waals surface area (Å²) in [6.07, 6.45) is -1.51. The maximum absolute atomic E-state index is 13.2. The van der Waals surface area contributed by atoms with Gasteiger partial charge in [0, 0.05) is 13.1 Å². The summed E-state index contributed by atoms with van der Waals surface area (Å²) in [6.45, 7) is -0.284. The highest BCUT2D eigenvalue weighted by molar-refractivity contribution is 5.97. The fourth-order valence-electron chi connectivity index (χ4n) is 3.40. The van der Waals surface area contributed by atoms with Gasteiger partial charge in [-0.05, 0) is 25.7 Å². The van der Waals surface area contributed by atoms with Gasteiger partial charge in [0.05, 0.1) is 19.4 Å². The van der Waals surface area contributed by atoms with Crippen molar-refractivity contribution in [1.29, 1.82) is 0 Å². The van der Waals surface area contributed by atoms with Gasteiger partial charge in [-0.15, -0.1) is 0 Å². The van der Waals surface area contributed by atoms with Crippen LogP contribution in [0.1, 0.15) is 38.5 Å². The van der Waals surface area contributed by atoms with Crippen LogP contribution in [0.15, 0.2) is 9.98 Å². The average Bonchev–Trinajstić information content (AvgIpc) is 2.89. The van der Waals surface area contributed by atoms with Crippen molar-refractivity contribution in [3.8, 4) is 0 Å². The molecule has 0 saturated carbocycles. The fourth-order valence-corrected chi connectivity index (χ4v) is 3.40. The Kier molecular flexibility index (Phi) is 17.4. The number of aliphatic imine (C=N–C) groups is 2. The molecule has 0 radical (unpaired) electrons. The van der Waals surface area contributed by atoms with Crippen molar-refractivity contribution in [2.24, 2.45) is 44.4 Å². The predicted molar refractivity (Wildman–Crippen MR) is 150 cm³/mol. The van der Waals surface area contributed by atoms with Gasteiger partial charge in [-0.3, -0.25) is 38.8 Å². The molecule has 4 atom stereocenters. The minimum Gasteiger partial charge on any atom is -0.481 e. The average molecular weight is 617 g/mol. The van der Waals surface area contributed by atoms with Gasteiger partial charge < -0.3 is 65.9 Å². The number of rotatable bonds is 21. The molecule has 0 spiro atoms. The number of amides is 5. The van der Waals surface area contributed by atoms with Crippen molar-refractivity contribution in [3.63, 3.8) is 0 Å². The zero-order valence-corrected chi connectivity index (χ0v) is 23.3. The second-order valence-electron chi connectivity index (χ2n) is 9.01. The van der Waals surface area contributed by atoms with E-state index in [1.54, 1.807) is 0 Å². The molecule has 43 heavy (non-hydrogen) atoms. The number of aliphatic carboxylic acids is 2. The molecule has 0 aliphatic carbocycles. The number of carbonyl (C=O) groups excluding carboxylic acids is 5. The van der Waals surface area contributed by atoms with Crippen LogP contribution in [0.2, 0.25) is 0 Å². The minimum absolute atomic E-state index is 0.0313. The largest absolute Gasteiger partial charge is 0.481 e. The summed E-state index contributed by atoms with van der Waals surface area (Å²) in [4.78, 5) is 92.5. The van der Waals surface area contributed by atoms with Crippen LogP contribution in [-0.2, 0) is 33.6 Å². The third-order valence-corrected chi connectivity index (χ3v) is 5.39. The van der Waals surface area contributed by atoms with Crippen molar-refractivity contribution in [1.82, 2.24) is 21.3 Å². The van der Waals surface area contributed by atoms with Crippen LogP contribution >= 0.6 is 0 Å². The summed E-state index contributed by atoms with van der Waals surface area (Å²) in [5, 5.41) is 27.1. The van der Waals surface area contributed by atoms with E-state index in [0.717, 1.165) is 0 Å². The first-order valence-electron chi connectivity index (χ1n) is 12.8. The highest BCUT2D eigenvalue weighted by Gasteiger charge is 2.32. The Morgan fingerprint density at radius 2 is 1.02 bits per heavy atom. The van der Waals surface area contributed by atoms with Crippen LogP contribution in [0.5, 0.6) is 0 Å². The molecular formula is C22H40N12O9. The summed E-state index contributed by atoms with van der Waals surface area (Å²) >= 11 is 0. The molecule has 0 aromatic carbocycles. The summed E-state index contributed by atoms with van der Waals surface area (Å²) in [7, 11) is 0. The van der Waals surface area contributed by atoms with E-state index in [1.807, 2.05) is 5.32 Å². The Balaban J connectivity index is 5.99. The van der Waals surface area contributed by atoms with E-state index >= 15 is 0 Å². The lowest BCUT2D eigenvalue weighted by Gasteiger charge is -2.25. The van der Waals surface area contributed by atoms with Gasteiger partial charge in [0.2, 0.25) is 29.5 Å². The quantitative estimate of drug-likeness (QED) is 0.0324. The number of hydrogen-bond acceptors (Lipinski definition) is 10. The fraction of sp³-hybridized carbons (Fsp3) is 0.591. The monoisotopic (exact) mass is 616 g/mol. The Morgan fingerprint density at radius 1 is 0.605 bits per heavy atom. The summed E-state index contributed by atoms with van der Waals surface area (Å²) in [5.74, 6) is -8.44. The molecule has 0 rings (SSSR count). The van der Waals surface area contributed by atoms with Crippen LogP contribution in [-0.4, -0.2) is 107 Å². The summed E-state index contributed by atoms with van der Waals surface area (Å²) < 4.78 is 0. The van der Waals surface area contributed by atoms with E-state index in [-0.39, 0.29) is 50.7 Å². The first-order valence-corrected chi connectivity index (χ1v) is 12.8. The zero-order valence-electron chi connectivity index (χ0n) is 23.3. The topological polar surface area (TPSA) is 389 Å². The molecule has 0 bridgehead atoms. The number of carboxylic acid groups (broad SMARTS) is 2. The van der Waals surface area contributed by atoms with Gasteiger partial charge in [-0.1, -0.05) is 0 Å². The zero-order chi connectivity index (χ0) is 33.1. The molecule has 242 valence electrons. The van der Waals surface area contributed by atoms with E-state index in [9.17, 15) is 38.7 Å². The Morgan fingerprint density at radius 3 is 1.42 bits per heavy atom. The molecule has 0 aliphatic rings. The van der Waals surface area contributed by atoms with E-state index in [2.05, 4.69) is 25.9 Å². The van der Waals surface area contributed by atoms with Crippen molar-refractivity contribution < 1.29 is 43.8 Å². The van der Waals surface area contributed by atoms with Gasteiger partial charge >= 0.3 is 11.9 Å². The SMILES string of the molecule is NCC(=O)NC(CCCN=C(N)N)C(=O)NC(CCCN=C(N)N)C(=O)NC(CC(N)=O)C(=O)NC(CC(=O)O)C(=O)O. The number of hydrogen-bond donors (Lipinski definition) is 12. The molecule has 0 heterocycles. The van der Waals surface area contributed by atoms with E-state index in [1.165, 1.54) is 0 Å². The standard InChI is InChI=1S/C22H40N12O9/c23-9-15(36)31-10(3-1-5-29-21(25)26)17(39)32-11(4-2-6-30-22(27)28)18(40)33-12(7-14(24)35)19(41)34-13(20(42)43)8-16(37)38/h10-13H,1-9,23H2,(H2,24,35)(H,31,36)(H,32,39)(H,33,40)(H,34,41)(H,37,38)(H,42,43)(H4,25,26,29)(H4,27,28,30). The molecule has 0 aromatic rings. The van der Waals surface area contributed by atoms with E-state index in [0.29, 0.717) is 0 Å². The smallest absolute Gasteiger partial charge is 0.326 e. The lowest BCUT2D eigenvalue weighted by Crippen LogP contribution is -2.58. The molecule has 21 heteroatoms. The number of carboxylic acids is 2. The van der Waals surface area contributed by atoms with Crippen LogP contribution in [0.25, 0.3) is 0 Å². The maximum Gasteiger partial charge on any atom is 0.326 e. The predicted octanol–water partition coefficient (Wildman–Crippen LogP) is -6.57. The number of guanidine groups is 2. The molecular weight excluding hydrogens is 576 g/mol. The van der Waals surface area contributed by atoms with Crippen molar-refractivity contribution >= 4 is 53.4 Å². The summed E-state index contributed by atoms with van der Waals surface area (Å²) in [6, 6.07) is -6.22. The number of nitrogens with one attached hydrogen (secondary N) is 4. The molecule has 0 saturated heterocycles. The van der Waals surface area contributed by atoms with E-state index < -0.39 is 85.0 Å². The first-order chi connectivity index (χ1) is 20.1. The third-order valence-electron chi connectivity index (χ3n) is 5.39. The van der Waals surface area contributed by atoms with Gasteiger partial charge in [0.15, 0.2) is 11.9 Å². The highest BCUT2D eigenvalue weighted by Crippen LogP contribution is 2.06. The molecule has 0 fully saturated rings. The lowest BCUT2D eigenvalue weighted by molar-refractivity contribution is -0.147. The molecule has 0 aromatic heterocycles. The number of carbonyl (C=O) groups is 7. The normalized spacial score (nSPS) is 13.1. The van der Waals surface area contributed by atoms with Crippen LogP contribution in [0, 0.1) is 0 Å². The second kappa shape index (κ2) is 19.8.